The molecule has 2 nitrogen and oxygen atoms in total. The highest BCUT2D eigenvalue weighted by Gasteiger charge is 2.57. The van der Waals surface area contributed by atoms with Crippen LogP contribution in [0.3, 0.4) is 0 Å². The van der Waals surface area contributed by atoms with E-state index in [0.717, 1.165) is 19.3 Å². The van der Waals surface area contributed by atoms with E-state index in [1.807, 2.05) is 12.4 Å². The van der Waals surface area contributed by atoms with Crippen LogP contribution in [0.4, 0.5) is 0 Å². The van der Waals surface area contributed by atoms with Gasteiger partial charge in [0.15, 0.2) is 0 Å². The maximum atomic E-state index is 10.7. The van der Waals surface area contributed by atoms with Crippen LogP contribution >= 0.6 is 0 Å². The van der Waals surface area contributed by atoms with Crippen LogP contribution in [0.15, 0.2) is 53.9 Å². The van der Waals surface area contributed by atoms with Crippen LogP contribution in [-0.4, -0.2) is 16.2 Å². The van der Waals surface area contributed by atoms with Crippen LogP contribution in [-0.2, 0) is 0 Å². The number of rotatable bonds is 1. The Kier molecular flexibility index (Phi) is 3.88. The van der Waals surface area contributed by atoms with Gasteiger partial charge in [0.25, 0.3) is 0 Å². The molecule has 5 atom stereocenters. The lowest BCUT2D eigenvalue weighted by Gasteiger charge is -2.59. The topological polar surface area (TPSA) is 33.1 Å². The van der Waals surface area contributed by atoms with Crippen molar-refractivity contribution in [3.05, 3.63) is 59.5 Å². The van der Waals surface area contributed by atoms with E-state index in [9.17, 15) is 5.11 Å². The molecule has 0 aromatic carbocycles. The van der Waals surface area contributed by atoms with E-state index in [1.165, 1.54) is 29.6 Å². The maximum absolute atomic E-state index is 10.7. The Hall–Kier alpha value is -1.67. The van der Waals surface area contributed by atoms with Crippen molar-refractivity contribution in [3.8, 4) is 0 Å². The first kappa shape index (κ1) is 18.4. The predicted octanol–water partition coefficient (Wildman–Crippen LogP) is 5.95. The predicted molar refractivity (Wildman–Crippen MR) is 114 cm³/mol. The molecule has 4 aliphatic rings. The van der Waals surface area contributed by atoms with Gasteiger partial charge in [-0.15, -0.1) is 0 Å². The highest BCUT2D eigenvalue weighted by molar-refractivity contribution is 5.78. The second-order valence-corrected chi connectivity index (χ2v) is 10.6. The van der Waals surface area contributed by atoms with Gasteiger partial charge in [-0.3, -0.25) is 4.98 Å². The number of aliphatic hydroxyl groups is 1. The molecule has 2 saturated carbocycles. The Morgan fingerprint density at radius 2 is 1.89 bits per heavy atom. The van der Waals surface area contributed by atoms with Crippen LogP contribution < -0.4 is 0 Å². The van der Waals surface area contributed by atoms with E-state index in [1.54, 1.807) is 5.57 Å². The minimum Gasteiger partial charge on any atom is -0.392 e. The highest BCUT2D eigenvalue weighted by Crippen LogP contribution is 2.66. The molecule has 0 spiro atoms. The Morgan fingerprint density at radius 1 is 1.07 bits per heavy atom. The zero-order valence-corrected chi connectivity index (χ0v) is 17.7. The summed E-state index contributed by atoms with van der Waals surface area (Å²) in [5.74, 6) is 1.32. The maximum Gasteiger partial charge on any atom is 0.0628 e. The third-order valence-electron chi connectivity index (χ3n) is 8.95. The van der Waals surface area contributed by atoms with E-state index in [4.69, 9.17) is 0 Å². The van der Waals surface area contributed by atoms with Crippen LogP contribution in [0.25, 0.3) is 5.57 Å². The summed E-state index contributed by atoms with van der Waals surface area (Å²) in [6, 6.07) is 4.26. The van der Waals surface area contributed by atoms with Crippen molar-refractivity contribution in [2.24, 2.45) is 28.1 Å². The number of pyridine rings is 1. The molecule has 5 rings (SSSR count). The summed E-state index contributed by atoms with van der Waals surface area (Å²) in [5.41, 5.74) is 6.18. The third kappa shape index (κ3) is 2.27. The van der Waals surface area contributed by atoms with Crippen molar-refractivity contribution in [1.82, 2.24) is 4.98 Å². The first-order valence-corrected chi connectivity index (χ1v) is 11.0. The summed E-state index contributed by atoms with van der Waals surface area (Å²) in [6.07, 6.45) is 16.7. The molecule has 1 aromatic heterocycles. The number of fused-ring (bicyclic) bond motifs is 5. The number of hydrogen-bond acceptors (Lipinski definition) is 2. The van der Waals surface area contributed by atoms with E-state index in [2.05, 4.69) is 63.0 Å². The Balaban J connectivity index is 1.52. The largest absolute Gasteiger partial charge is 0.392 e. The van der Waals surface area contributed by atoms with Crippen LogP contribution in [0.5, 0.6) is 0 Å². The average molecular weight is 376 g/mol. The molecule has 0 saturated heterocycles. The van der Waals surface area contributed by atoms with E-state index in [0.29, 0.717) is 11.8 Å². The molecular formula is C26H33NO. The Morgan fingerprint density at radius 3 is 2.64 bits per heavy atom. The number of aliphatic hydroxyl groups excluding tert-OH is 1. The van der Waals surface area contributed by atoms with Crippen molar-refractivity contribution < 1.29 is 5.11 Å². The van der Waals surface area contributed by atoms with Gasteiger partial charge < -0.3 is 5.11 Å². The van der Waals surface area contributed by atoms with E-state index < -0.39 is 0 Å². The molecular weight excluding hydrogens is 342 g/mol. The standard InChI is InChI=1S/C26H33NO/c1-24(2)22-10-7-18-20-9-8-19(17-6-5-15-27-16-17)25(20,3)13-11-21(18)26(22,4)14-12-23(24)28/h5-6,8-10,15-16,18,21,23,28H,7,11-14H2,1-4H3/t18?,21?,23?,25-,26-/m1/s1. The SMILES string of the molecule is CC1(C)C2=CCC3C4=CC=C(c5cccnc5)[C@@]4(C)CCC3[C@@]2(C)CCC1O. The van der Waals surface area contributed by atoms with Crippen LogP contribution in [0, 0.1) is 28.1 Å². The summed E-state index contributed by atoms with van der Waals surface area (Å²) in [6.45, 7) is 9.46. The molecule has 4 aliphatic carbocycles. The van der Waals surface area contributed by atoms with Crippen molar-refractivity contribution in [1.29, 1.82) is 0 Å². The molecule has 28 heavy (non-hydrogen) atoms. The average Bonchev–Trinajstić information content (AvgIpc) is 3.03. The number of allylic oxidation sites excluding steroid dienone is 5. The molecule has 2 heteroatoms. The molecule has 0 aliphatic heterocycles. The van der Waals surface area contributed by atoms with Gasteiger partial charge in [-0.2, -0.15) is 0 Å². The first-order chi connectivity index (χ1) is 13.3. The minimum absolute atomic E-state index is 0.0953. The summed E-state index contributed by atoms with van der Waals surface area (Å²) in [4.78, 5) is 4.37. The fourth-order valence-electron chi connectivity index (χ4n) is 7.33. The molecule has 1 heterocycles. The summed E-state index contributed by atoms with van der Waals surface area (Å²) in [7, 11) is 0. The lowest BCUT2D eigenvalue weighted by molar-refractivity contribution is -0.0273. The quantitative estimate of drug-likeness (QED) is 0.615. The van der Waals surface area contributed by atoms with E-state index in [-0.39, 0.29) is 22.3 Å². The second kappa shape index (κ2) is 5.92. The number of hydrogen-bond donors (Lipinski definition) is 1. The van der Waals surface area contributed by atoms with Crippen molar-refractivity contribution >= 4 is 5.57 Å². The zero-order chi connectivity index (χ0) is 19.7. The van der Waals surface area contributed by atoms with Gasteiger partial charge in [-0.05, 0) is 66.6 Å². The van der Waals surface area contributed by atoms with Gasteiger partial charge in [0.1, 0.15) is 0 Å². The Labute approximate surface area is 169 Å². The minimum atomic E-state index is -0.207. The molecule has 1 N–H and O–H groups in total. The lowest BCUT2D eigenvalue weighted by atomic mass is 9.45. The summed E-state index contributed by atoms with van der Waals surface area (Å²) < 4.78 is 0. The van der Waals surface area contributed by atoms with Gasteiger partial charge in [0, 0.05) is 23.2 Å². The number of aromatic nitrogens is 1. The van der Waals surface area contributed by atoms with E-state index >= 15 is 0 Å². The Bertz CT molecular complexity index is 892. The summed E-state index contributed by atoms with van der Waals surface area (Å²) in [5, 5.41) is 10.7. The van der Waals surface area contributed by atoms with Gasteiger partial charge in [0.2, 0.25) is 0 Å². The molecule has 148 valence electrons. The van der Waals surface area contributed by atoms with Crippen molar-refractivity contribution in [3.63, 3.8) is 0 Å². The van der Waals surface area contributed by atoms with Gasteiger partial charge in [-0.1, -0.05) is 63.1 Å². The van der Waals surface area contributed by atoms with Crippen LogP contribution in [0.1, 0.15) is 65.4 Å². The molecule has 3 unspecified atom stereocenters. The fourth-order valence-corrected chi connectivity index (χ4v) is 7.33. The van der Waals surface area contributed by atoms with Crippen molar-refractivity contribution in [2.45, 2.75) is 65.9 Å². The smallest absolute Gasteiger partial charge is 0.0628 e. The molecule has 2 fully saturated rings. The molecule has 1 aromatic rings. The summed E-state index contributed by atoms with van der Waals surface area (Å²) >= 11 is 0. The molecule has 0 radical (unpaired) electrons. The highest BCUT2D eigenvalue weighted by atomic mass is 16.3. The van der Waals surface area contributed by atoms with Crippen LogP contribution in [0.2, 0.25) is 0 Å². The van der Waals surface area contributed by atoms with Crippen molar-refractivity contribution in [2.75, 3.05) is 0 Å². The third-order valence-corrected chi connectivity index (χ3v) is 8.95. The van der Waals surface area contributed by atoms with Gasteiger partial charge in [-0.25, -0.2) is 0 Å². The van der Waals surface area contributed by atoms with Gasteiger partial charge in [0.05, 0.1) is 6.10 Å². The normalized spacial score (nSPS) is 41.2. The first-order valence-electron chi connectivity index (χ1n) is 11.0. The van der Waals surface area contributed by atoms with Gasteiger partial charge >= 0.3 is 0 Å². The lowest BCUT2D eigenvalue weighted by Crippen LogP contribution is -2.52. The monoisotopic (exact) mass is 375 g/mol. The molecule has 0 amide bonds. The fraction of sp³-hybridized carbons (Fsp3) is 0.577. The zero-order valence-electron chi connectivity index (χ0n) is 17.7. The molecule has 0 bridgehead atoms. The number of nitrogens with zero attached hydrogens (tertiary/aromatic N) is 1. The second-order valence-electron chi connectivity index (χ2n) is 10.6.